The molecule has 138 valence electrons. The Morgan fingerprint density at radius 1 is 0.963 bits per heavy atom. The van der Waals surface area contributed by atoms with Gasteiger partial charge in [0.2, 0.25) is 0 Å². The lowest BCUT2D eigenvalue weighted by Crippen LogP contribution is -2.35. The fourth-order valence-corrected chi connectivity index (χ4v) is 3.53. The van der Waals surface area contributed by atoms with E-state index in [9.17, 15) is 13.2 Å². The van der Waals surface area contributed by atoms with Crippen LogP contribution in [0.5, 0.6) is 5.75 Å². The van der Waals surface area contributed by atoms with Gasteiger partial charge in [0.05, 0.1) is 12.8 Å². The first-order valence-electron chi connectivity index (χ1n) is 8.44. The minimum Gasteiger partial charge on any atom is -0.497 e. The zero-order chi connectivity index (χ0) is 19.2. The maximum absolute atomic E-state index is 13.8. The van der Waals surface area contributed by atoms with Gasteiger partial charge in [-0.1, -0.05) is 48.5 Å². The highest BCUT2D eigenvalue weighted by molar-refractivity contribution is 6.15. The second-order valence-electron chi connectivity index (χ2n) is 6.42. The number of halogens is 3. The fourth-order valence-electron chi connectivity index (χ4n) is 3.53. The molecule has 0 saturated heterocycles. The molecule has 0 radical (unpaired) electrons. The molecule has 6 heteroatoms. The zero-order valence-corrected chi connectivity index (χ0v) is 14.8. The summed E-state index contributed by atoms with van der Waals surface area (Å²) in [5.74, 6) is 0.642. The van der Waals surface area contributed by atoms with E-state index in [4.69, 9.17) is 4.74 Å². The summed E-state index contributed by atoms with van der Waals surface area (Å²) in [6.45, 7) is 0. The van der Waals surface area contributed by atoms with Crippen LogP contribution in [0.4, 0.5) is 18.9 Å². The Balaban J connectivity index is 1.95. The summed E-state index contributed by atoms with van der Waals surface area (Å²) >= 11 is 0. The number of hydrogen-bond acceptors (Lipinski definition) is 3. The van der Waals surface area contributed by atoms with Crippen LogP contribution in [0.1, 0.15) is 17.3 Å². The molecule has 1 atom stereocenters. The van der Waals surface area contributed by atoms with Crippen molar-refractivity contribution in [3.05, 3.63) is 71.8 Å². The van der Waals surface area contributed by atoms with Crippen LogP contribution in [0.2, 0.25) is 0 Å². The van der Waals surface area contributed by atoms with Crippen molar-refractivity contribution in [2.45, 2.75) is 12.3 Å². The molecule has 0 N–H and O–H groups in total. The number of aliphatic imine (C=N–C) groups is 1. The molecule has 0 fully saturated rings. The van der Waals surface area contributed by atoms with Crippen molar-refractivity contribution < 1.29 is 17.9 Å². The van der Waals surface area contributed by atoms with E-state index in [-0.39, 0.29) is 5.56 Å². The summed E-state index contributed by atoms with van der Waals surface area (Å²) in [5.41, 5.74) is 0.463. The number of hydrogen-bond donors (Lipinski definition) is 0. The third kappa shape index (κ3) is 2.91. The van der Waals surface area contributed by atoms with Gasteiger partial charge < -0.3 is 9.64 Å². The monoisotopic (exact) mass is 370 g/mol. The van der Waals surface area contributed by atoms with Crippen molar-refractivity contribution in [3.63, 3.8) is 0 Å². The van der Waals surface area contributed by atoms with Gasteiger partial charge in [0.25, 0.3) is 0 Å². The lowest BCUT2D eigenvalue weighted by molar-refractivity contribution is -0.0585. The van der Waals surface area contributed by atoms with Crippen molar-refractivity contribution >= 4 is 22.2 Å². The van der Waals surface area contributed by atoms with E-state index in [0.717, 1.165) is 10.8 Å². The van der Waals surface area contributed by atoms with Crippen LogP contribution in [0, 0.1) is 0 Å². The van der Waals surface area contributed by atoms with E-state index >= 15 is 0 Å². The largest absolute Gasteiger partial charge is 0.497 e. The van der Waals surface area contributed by atoms with Gasteiger partial charge in [0.15, 0.2) is 5.71 Å². The molecule has 0 amide bonds. The first kappa shape index (κ1) is 17.4. The highest BCUT2D eigenvalue weighted by Crippen LogP contribution is 2.43. The van der Waals surface area contributed by atoms with Gasteiger partial charge in [-0.05, 0) is 23.1 Å². The number of rotatable bonds is 2. The number of benzene rings is 3. The Bertz CT molecular complexity index is 1030. The van der Waals surface area contributed by atoms with Gasteiger partial charge in [-0.3, -0.25) is 4.99 Å². The van der Waals surface area contributed by atoms with E-state index in [0.29, 0.717) is 17.0 Å². The standard InChI is InChI=1S/C21H17F3N2O/c1-26-18-16-6-4-3-5-13(16)9-12-17(18)19(21(22,23)24)25-20(26)14-7-10-15(27-2)11-8-14/h3-12,20H,1-2H3. The molecule has 1 heterocycles. The summed E-state index contributed by atoms with van der Waals surface area (Å²) in [6.07, 6.45) is -5.31. The van der Waals surface area contributed by atoms with Crippen LogP contribution in [0.25, 0.3) is 10.8 Å². The summed E-state index contributed by atoms with van der Waals surface area (Å²) in [4.78, 5) is 5.89. The maximum atomic E-state index is 13.8. The quantitative estimate of drug-likeness (QED) is 0.608. The van der Waals surface area contributed by atoms with E-state index in [1.807, 2.05) is 24.3 Å². The molecular formula is C21H17F3N2O. The van der Waals surface area contributed by atoms with Gasteiger partial charge in [-0.15, -0.1) is 0 Å². The Morgan fingerprint density at radius 3 is 2.33 bits per heavy atom. The van der Waals surface area contributed by atoms with E-state index in [1.54, 1.807) is 49.4 Å². The predicted molar refractivity (Wildman–Crippen MR) is 101 cm³/mol. The predicted octanol–water partition coefficient (Wildman–Crippen LogP) is 5.35. The van der Waals surface area contributed by atoms with E-state index in [2.05, 4.69) is 4.99 Å². The third-order valence-corrected chi connectivity index (χ3v) is 4.81. The Hall–Kier alpha value is -3.02. The molecule has 27 heavy (non-hydrogen) atoms. The Labute approximate surface area is 154 Å². The Kier molecular flexibility index (Phi) is 4.06. The molecule has 0 bridgehead atoms. The second kappa shape index (κ2) is 6.30. The average Bonchev–Trinajstić information content (AvgIpc) is 2.67. The highest BCUT2D eigenvalue weighted by Gasteiger charge is 2.42. The third-order valence-electron chi connectivity index (χ3n) is 4.81. The lowest BCUT2D eigenvalue weighted by Gasteiger charge is -2.35. The zero-order valence-electron chi connectivity index (χ0n) is 14.8. The molecule has 3 nitrogen and oxygen atoms in total. The number of alkyl halides is 3. The fraction of sp³-hybridized carbons (Fsp3) is 0.190. The molecule has 1 aliphatic rings. The van der Waals surface area contributed by atoms with Crippen LogP contribution in [0.3, 0.4) is 0 Å². The van der Waals surface area contributed by atoms with Gasteiger partial charge in [-0.25, -0.2) is 0 Å². The molecule has 4 rings (SSSR count). The summed E-state index contributed by atoms with van der Waals surface area (Å²) in [5, 5.41) is 1.66. The number of fused-ring (bicyclic) bond motifs is 3. The van der Waals surface area contributed by atoms with Crippen molar-refractivity contribution in [3.8, 4) is 5.75 Å². The second-order valence-corrected chi connectivity index (χ2v) is 6.42. The molecule has 1 unspecified atom stereocenters. The average molecular weight is 370 g/mol. The minimum atomic E-state index is -4.54. The number of ether oxygens (including phenoxy) is 1. The van der Waals surface area contributed by atoms with Crippen molar-refractivity contribution in [1.82, 2.24) is 0 Å². The van der Waals surface area contributed by atoms with Gasteiger partial charge in [0.1, 0.15) is 11.9 Å². The van der Waals surface area contributed by atoms with Crippen LogP contribution < -0.4 is 9.64 Å². The van der Waals surface area contributed by atoms with Gasteiger partial charge in [0, 0.05) is 18.0 Å². The van der Waals surface area contributed by atoms with Crippen molar-refractivity contribution in [2.75, 3.05) is 19.1 Å². The van der Waals surface area contributed by atoms with E-state index < -0.39 is 18.1 Å². The van der Waals surface area contributed by atoms with Crippen LogP contribution in [-0.4, -0.2) is 26.0 Å². The van der Waals surface area contributed by atoms with Crippen molar-refractivity contribution in [2.24, 2.45) is 4.99 Å². The summed E-state index contributed by atoms with van der Waals surface area (Å²) in [7, 11) is 3.32. The van der Waals surface area contributed by atoms with Gasteiger partial charge >= 0.3 is 6.18 Å². The molecular weight excluding hydrogens is 353 g/mol. The normalized spacial score (nSPS) is 16.9. The lowest BCUT2D eigenvalue weighted by atomic mass is 9.96. The molecule has 3 aromatic rings. The topological polar surface area (TPSA) is 24.8 Å². The molecule has 3 aromatic carbocycles. The first-order valence-corrected chi connectivity index (χ1v) is 8.44. The molecule has 0 saturated carbocycles. The molecule has 0 aliphatic carbocycles. The van der Waals surface area contributed by atoms with E-state index in [1.165, 1.54) is 6.07 Å². The number of nitrogens with zero attached hydrogens (tertiary/aromatic N) is 2. The number of methoxy groups -OCH3 is 1. The smallest absolute Gasteiger partial charge is 0.433 e. The highest BCUT2D eigenvalue weighted by atomic mass is 19.4. The summed E-state index contributed by atoms with van der Waals surface area (Å²) < 4.78 is 46.5. The van der Waals surface area contributed by atoms with Crippen LogP contribution in [-0.2, 0) is 0 Å². The molecule has 0 aromatic heterocycles. The van der Waals surface area contributed by atoms with Gasteiger partial charge in [-0.2, -0.15) is 13.2 Å². The van der Waals surface area contributed by atoms with Crippen LogP contribution in [0.15, 0.2) is 65.7 Å². The first-order chi connectivity index (χ1) is 12.9. The molecule has 0 spiro atoms. The maximum Gasteiger partial charge on any atom is 0.433 e. The Morgan fingerprint density at radius 2 is 1.67 bits per heavy atom. The molecule has 1 aliphatic heterocycles. The SMILES string of the molecule is COc1ccc(C2N=C(C(F)(F)F)c3ccc4ccccc4c3N2C)cc1. The van der Waals surface area contributed by atoms with Crippen molar-refractivity contribution in [1.29, 1.82) is 0 Å². The van der Waals surface area contributed by atoms with Crippen LogP contribution >= 0.6 is 0 Å². The number of anilines is 1. The minimum absolute atomic E-state index is 0.105. The summed E-state index contributed by atoms with van der Waals surface area (Å²) in [6, 6.07) is 17.6.